The maximum atomic E-state index is 12.2. The summed E-state index contributed by atoms with van der Waals surface area (Å²) < 4.78 is 0. The van der Waals surface area contributed by atoms with Crippen LogP contribution in [0, 0.1) is 17.8 Å². The molecule has 2 N–H and O–H groups in total. The Hall–Kier alpha value is -1.35. The van der Waals surface area contributed by atoms with Gasteiger partial charge in [-0.05, 0) is 42.7 Å². The van der Waals surface area contributed by atoms with Gasteiger partial charge < -0.3 is 15.5 Å². The van der Waals surface area contributed by atoms with Crippen LogP contribution in [0.2, 0.25) is 0 Å². The molecule has 0 aromatic heterocycles. The number of nitrogens with zero attached hydrogens (tertiary/aromatic N) is 3. The number of hydrogen-bond acceptors (Lipinski definition) is 3. The molecule has 2 aliphatic rings. The second-order valence-corrected chi connectivity index (χ2v) is 10.2. The molecular formula is C26H44IN5O. The maximum absolute atomic E-state index is 12.2. The van der Waals surface area contributed by atoms with E-state index in [0.717, 1.165) is 50.4 Å². The van der Waals surface area contributed by atoms with Gasteiger partial charge in [-0.25, -0.2) is 4.99 Å². The zero-order valence-corrected chi connectivity index (χ0v) is 23.5. The summed E-state index contributed by atoms with van der Waals surface area (Å²) in [5.41, 5.74) is 2.60. The van der Waals surface area contributed by atoms with E-state index in [1.165, 1.54) is 30.6 Å². The van der Waals surface area contributed by atoms with Crippen LogP contribution < -0.4 is 10.6 Å². The van der Waals surface area contributed by atoms with Crippen molar-refractivity contribution in [1.82, 2.24) is 20.4 Å². The average Bonchev–Trinajstić information content (AvgIpc) is 3.20. The number of benzene rings is 1. The number of amides is 1. The third-order valence-electron chi connectivity index (χ3n) is 6.47. The highest BCUT2D eigenvalue weighted by Crippen LogP contribution is 2.22. The van der Waals surface area contributed by atoms with Crippen molar-refractivity contribution in [2.24, 2.45) is 22.7 Å². The molecule has 2 aliphatic heterocycles. The highest BCUT2D eigenvalue weighted by molar-refractivity contribution is 14.0. The molecule has 0 aliphatic carbocycles. The fourth-order valence-electron chi connectivity index (χ4n) is 5.06. The zero-order chi connectivity index (χ0) is 23.1. The fraction of sp³-hybridized carbons (Fsp3) is 0.692. The van der Waals surface area contributed by atoms with Crippen molar-refractivity contribution in [2.45, 2.75) is 66.6 Å². The van der Waals surface area contributed by atoms with Crippen molar-refractivity contribution in [3.8, 4) is 0 Å². The lowest BCUT2D eigenvalue weighted by molar-refractivity contribution is -0.133. The first-order chi connectivity index (χ1) is 15.3. The van der Waals surface area contributed by atoms with E-state index in [1.54, 1.807) is 0 Å². The Bertz CT molecular complexity index is 756. The Morgan fingerprint density at radius 3 is 2.33 bits per heavy atom. The minimum atomic E-state index is 0. The van der Waals surface area contributed by atoms with Crippen LogP contribution in [-0.2, 0) is 17.9 Å². The highest BCUT2D eigenvalue weighted by atomic mass is 127. The van der Waals surface area contributed by atoms with Crippen LogP contribution in [0.5, 0.6) is 0 Å². The number of aliphatic imine (C=N–C) groups is 1. The first-order valence-electron chi connectivity index (χ1n) is 12.5. The van der Waals surface area contributed by atoms with Crippen molar-refractivity contribution < 1.29 is 4.79 Å². The third-order valence-corrected chi connectivity index (χ3v) is 6.47. The first kappa shape index (κ1) is 27.9. The van der Waals surface area contributed by atoms with Gasteiger partial charge in [-0.2, -0.15) is 0 Å². The van der Waals surface area contributed by atoms with Gasteiger partial charge in [-0.15, -0.1) is 24.0 Å². The van der Waals surface area contributed by atoms with Crippen molar-refractivity contribution in [3.63, 3.8) is 0 Å². The molecule has 3 atom stereocenters. The number of likely N-dealkylation sites (tertiary alicyclic amines) is 2. The van der Waals surface area contributed by atoms with Gasteiger partial charge in [0.2, 0.25) is 5.91 Å². The number of halogens is 1. The Kier molecular flexibility index (Phi) is 11.4. The van der Waals surface area contributed by atoms with E-state index in [4.69, 9.17) is 4.99 Å². The lowest BCUT2D eigenvalue weighted by Crippen LogP contribution is -2.45. The lowest BCUT2D eigenvalue weighted by atomic mass is 9.91. The van der Waals surface area contributed by atoms with Crippen LogP contribution >= 0.6 is 24.0 Å². The SMILES string of the molecule is CCNC(=NCc1ccc(CN2CC(C)CC(C)C2)cc1)NC1CCN(C(=O)C(C)C)C1.I. The molecular weight excluding hydrogens is 525 g/mol. The molecule has 3 unspecified atom stereocenters. The molecule has 2 saturated heterocycles. The largest absolute Gasteiger partial charge is 0.357 e. The van der Waals surface area contributed by atoms with E-state index in [9.17, 15) is 4.79 Å². The molecule has 186 valence electrons. The maximum Gasteiger partial charge on any atom is 0.225 e. The molecule has 3 rings (SSSR count). The first-order valence-corrected chi connectivity index (χ1v) is 12.5. The lowest BCUT2D eigenvalue weighted by Gasteiger charge is -2.35. The molecule has 2 fully saturated rings. The van der Waals surface area contributed by atoms with Crippen molar-refractivity contribution in [2.75, 3.05) is 32.7 Å². The number of carbonyl (C=O) groups is 1. The molecule has 1 aromatic carbocycles. The molecule has 0 bridgehead atoms. The second-order valence-electron chi connectivity index (χ2n) is 10.2. The summed E-state index contributed by atoms with van der Waals surface area (Å²) in [6, 6.07) is 9.17. The molecule has 0 spiro atoms. The second kappa shape index (κ2) is 13.5. The standard InChI is InChI=1S/C26H43N5O.HI/c1-6-27-26(29-24-11-12-31(18-24)25(32)19(2)3)28-14-22-7-9-23(10-8-22)17-30-15-20(4)13-21(5)16-30;/h7-10,19-21,24H,6,11-18H2,1-5H3,(H2,27,28,29);1H. The predicted molar refractivity (Wildman–Crippen MR) is 148 cm³/mol. The molecule has 1 amide bonds. The van der Waals surface area contributed by atoms with E-state index < -0.39 is 0 Å². The molecule has 6 nitrogen and oxygen atoms in total. The van der Waals surface area contributed by atoms with E-state index in [2.05, 4.69) is 60.6 Å². The predicted octanol–water partition coefficient (Wildman–Crippen LogP) is 4.09. The molecule has 1 aromatic rings. The van der Waals surface area contributed by atoms with Gasteiger partial charge in [0.05, 0.1) is 6.54 Å². The van der Waals surface area contributed by atoms with Gasteiger partial charge in [0, 0.05) is 51.2 Å². The summed E-state index contributed by atoms with van der Waals surface area (Å²) in [5, 5.41) is 6.87. The number of carbonyl (C=O) groups excluding carboxylic acids is 1. The number of guanidine groups is 1. The molecule has 0 saturated carbocycles. The average molecular weight is 570 g/mol. The zero-order valence-electron chi connectivity index (χ0n) is 21.1. The van der Waals surface area contributed by atoms with Gasteiger partial charge >= 0.3 is 0 Å². The molecule has 7 heteroatoms. The fourth-order valence-corrected chi connectivity index (χ4v) is 5.06. The van der Waals surface area contributed by atoms with Crippen LogP contribution in [0.3, 0.4) is 0 Å². The number of piperidine rings is 1. The number of nitrogens with one attached hydrogen (secondary N) is 2. The Morgan fingerprint density at radius 1 is 1.09 bits per heavy atom. The minimum Gasteiger partial charge on any atom is -0.357 e. The smallest absolute Gasteiger partial charge is 0.225 e. The highest BCUT2D eigenvalue weighted by Gasteiger charge is 2.28. The molecule has 33 heavy (non-hydrogen) atoms. The van der Waals surface area contributed by atoms with E-state index >= 15 is 0 Å². The van der Waals surface area contributed by atoms with Crippen molar-refractivity contribution in [3.05, 3.63) is 35.4 Å². The number of rotatable bonds is 7. The van der Waals surface area contributed by atoms with Gasteiger partial charge in [-0.3, -0.25) is 9.69 Å². The van der Waals surface area contributed by atoms with Crippen LogP contribution in [0.1, 0.15) is 58.6 Å². The quantitative estimate of drug-likeness (QED) is 0.295. The summed E-state index contributed by atoms with van der Waals surface area (Å²) in [5.74, 6) is 2.71. The van der Waals surface area contributed by atoms with Crippen LogP contribution in [0.4, 0.5) is 0 Å². The monoisotopic (exact) mass is 569 g/mol. The molecule has 0 radical (unpaired) electrons. The van der Waals surface area contributed by atoms with Crippen LogP contribution in [0.15, 0.2) is 29.3 Å². The molecule has 2 heterocycles. The topological polar surface area (TPSA) is 60.0 Å². The Balaban J connectivity index is 0.00000385. The van der Waals surface area contributed by atoms with Gasteiger partial charge in [-0.1, -0.05) is 52.0 Å². The normalized spacial score (nSPS) is 24.0. The third kappa shape index (κ3) is 8.74. The summed E-state index contributed by atoms with van der Waals surface area (Å²) in [7, 11) is 0. The van der Waals surface area contributed by atoms with E-state index in [-0.39, 0.29) is 41.8 Å². The Labute approximate surface area is 218 Å². The summed E-state index contributed by atoms with van der Waals surface area (Å²) >= 11 is 0. The van der Waals surface area contributed by atoms with Gasteiger partial charge in [0.15, 0.2) is 5.96 Å². The summed E-state index contributed by atoms with van der Waals surface area (Å²) in [4.78, 5) is 21.6. The van der Waals surface area contributed by atoms with Gasteiger partial charge in [0.1, 0.15) is 0 Å². The van der Waals surface area contributed by atoms with Crippen molar-refractivity contribution in [1.29, 1.82) is 0 Å². The number of hydrogen-bond donors (Lipinski definition) is 2. The summed E-state index contributed by atoms with van der Waals surface area (Å²) in [6.45, 7) is 17.2. The van der Waals surface area contributed by atoms with Crippen LogP contribution in [-0.4, -0.2) is 60.4 Å². The van der Waals surface area contributed by atoms with Gasteiger partial charge in [0.25, 0.3) is 0 Å². The van der Waals surface area contributed by atoms with Crippen molar-refractivity contribution >= 4 is 35.8 Å². The van der Waals surface area contributed by atoms with E-state index in [1.807, 2.05) is 18.7 Å². The van der Waals surface area contributed by atoms with E-state index in [0.29, 0.717) is 6.54 Å². The van der Waals surface area contributed by atoms with Crippen LogP contribution in [0.25, 0.3) is 0 Å². The Morgan fingerprint density at radius 2 is 1.73 bits per heavy atom. The minimum absolute atomic E-state index is 0. The summed E-state index contributed by atoms with van der Waals surface area (Å²) in [6.07, 6.45) is 2.31.